The Labute approximate surface area is 176 Å². The van der Waals surface area contributed by atoms with E-state index >= 15 is 0 Å². The molecule has 3 aromatic rings. The van der Waals surface area contributed by atoms with Crippen LogP contribution < -0.4 is 9.64 Å². The number of rotatable bonds is 6. The lowest BCUT2D eigenvalue weighted by atomic mass is 10.1. The zero-order valence-electron chi connectivity index (χ0n) is 17.0. The standard InChI is InChI=1S/C20H24N6O3S/c1-3-25-14-18(13-23-25)30(27,28)26-10-8-24(9-11-26)20-12-19(21-15-22-20)16-4-6-17(29-2)7-5-16/h4-7,12-15H,3,8-11H2,1-2H3. The Balaban J connectivity index is 1.46. The topological polar surface area (TPSA) is 93.5 Å². The van der Waals surface area contributed by atoms with Gasteiger partial charge in [0, 0.05) is 50.6 Å². The molecule has 1 aromatic carbocycles. The fourth-order valence-corrected chi connectivity index (χ4v) is 4.77. The molecular formula is C20H24N6O3S. The third kappa shape index (κ3) is 4.01. The third-order valence-electron chi connectivity index (χ3n) is 5.17. The van der Waals surface area contributed by atoms with E-state index in [1.165, 1.54) is 16.8 Å². The maximum Gasteiger partial charge on any atom is 0.246 e. The molecule has 10 heteroatoms. The molecule has 4 rings (SSSR count). The van der Waals surface area contributed by atoms with Gasteiger partial charge in [0.2, 0.25) is 10.0 Å². The highest BCUT2D eigenvalue weighted by Gasteiger charge is 2.30. The van der Waals surface area contributed by atoms with Gasteiger partial charge in [0.1, 0.15) is 22.8 Å². The van der Waals surface area contributed by atoms with Crippen LogP contribution in [0.15, 0.2) is 53.9 Å². The summed E-state index contributed by atoms with van der Waals surface area (Å²) in [7, 11) is -1.90. The normalized spacial score (nSPS) is 15.3. The number of hydrogen-bond acceptors (Lipinski definition) is 7. The summed E-state index contributed by atoms with van der Waals surface area (Å²) in [5, 5.41) is 4.08. The van der Waals surface area contributed by atoms with E-state index in [0.717, 1.165) is 22.8 Å². The quantitative estimate of drug-likeness (QED) is 0.592. The molecule has 1 saturated heterocycles. The Bertz CT molecular complexity index is 1110. The van der Waals surface area contributed by atoms with Gasteiger partial charge < -0.3 is 9.64 Å². The SMILES string of the molecule is CCn1cc(S(=O)(=O)N2CCN(c3cc(-c4ccc(OC)cc4)ncn3)CC2)cn1. The first kappa shape index (κ1) is 20.3. The molecule has 0 aliphatic carbocycles. The number of methoxy groups -OCH3 is 1. The van der Waals surface area contributed by atoms with Crippen molar-refractivity contribution in [2.24, 2.45) is 0 Å². The molecule has 9 nitrogen and oxygen atoms in total. The maximum atomic E-state index is 12.9. The Hall–Kier alpha value is -2.98. The minimum Gasteiger partial charge on any atom is -0.497 e. The number of sulfonamides is 1. The average molecular weight is 429 g/mol. The molecule has 0 atom stereocenters. The zero-order valence-corrected chi connectivity index (χ0v) is 17.8. The van der Waals surface area contributed by atoms with E-state index in [2.05, 4.69) is 20.0 Å². The van der Waals surface area contributed by atoms with Gasteiger partial charge in [-0.2, -0.15) is 9.40 Å². The first-order chi connectivity index (χ1) is 14.5. The van der Waals surface area contributed by atoms with Crippen LogP contribution in [0.25, 0.3) is 11.3 Å². The monoisotopic (exact) mass is 428 g/mol. The summed E-state index contributed by atoms with van der Waals surface area (Å²) < 4.78 is 34.1. The molecule has 0 unspecified atom stereocenters. The Morgan fingerprint density at radius 3 is 2.43 bits per heavy atom. The molecule has 3 heterocycles. The minimum atomic E-state index is -3.54. The van der Waals surface area contributed by atoms with Crippen LogP contribution in [0.4, 0.5) is 5.82 Å². The van der Waals surface area contributed by atoms with E-state index in [9.17, 15) is 8.42 Å². The molecule has 0 N–H and O–H groups in total. The van der Waals surface area contributed by atoms with E-state index in [1.54, 1.807) is 18.0 Å². The number of aryl methyl sites for hydroxylation is 1. The van der Waals surface area contributed by atoms with E-state index in [1.807, 2.05) is 37.3 Å². The number of aromatic nitrogens is 4. The molecule has 158 valence electrons. The second-order valence-electron chi connectivity index (χ2n) is 6.91. The smallest absolute Gasteiger partial charge is 0.246 e. The van der Waals surface area contributed by atoms with Gasteiger partial charge >= 0.3 is 0 Å². The Morgan fingerprint density at radius 2 is 1.80 bits per heavy atom. The van der Waals surface area contributed by atoms with E-state index < -0.39 is 10.0 Å². The van der Waals surface area contributed by atoms with Crippen LogP contribution in [0, 0.1) is 0 Å². The summed E-state index contributed by atoms with van der Waals surface area (Å²) >= 11 is 0. The number of benzene rings is 1. The summed E-state index contributed by atoms with van der Waals surface area (Å²) in [6, 6.07) is 9.61. The van der Waals surface area contributed by atoms with Crippen molar-refractivity contribution in [1.29, 1.82) is 0 Å². The van der Waals surface area contributed by atoms with Crippen molar-refractivity contribution in [3.63, 3.8) is 0 Å². The van der Waals surface area contributed by atoms with Gasteiger partial charge in [0.15, 0.2) is 0 Å². The van der Waals surface area contributed by atoms with Gasteiger partial charge in [-0.25, -0.2) is 18.4 Å². The van der Waals surface area contributed by atoms with Crippen LogP contribution in [0.2, 0.25) is 0 Å². The van der Waals surface area contributed by atoms with E-state index in [-0.39, 0.29) is 4.90 Å². The summed E-state index contributed by atoms with van der Waals surface area (Å²) in [5.41, 5.74) is 1.78. The summed E-state index contributed by atoms with van der Waals surface area (Å²) in [6.45, 7) is 4.45. The predicted molar refractivity (Wildman–Crippen MR) is 113 cm³/mol. The summed E-state index contributed by atoms with van der Waals surface area (Å²) in [5.74, 6) is 1.57. The summed E-state index contributed by atoms with van der Waals surface area (Å²) in [4.78, 5) is 11.1. The zero-order chi connectivity index (χ0) is 21.1. The van der Waals surface area contributed by atoms with Crippen molar-refractivity contribution < 1.29 is 13.2 Å². The number of ether oxygens (including phenoxy) is 1. The Kier molecular flexibility index (Phi) is 5.69. The second-order valence-corrected chi connectivity index (χ2v) is 8.85. The molecule has 1 aliphatic rings. The lowest BCUT2D eigenvalue weighted by Gasteiger charge is -2.34. The highest BCUT2D eigenvalue weighted by molar-refractivity contribution is 7.89. The van der Waals surface area contributed by atoms with E-state index in [4.69, 9.17) is 4.74 Å². The number of hydrogen-bond donors (Lipinski definition) is 0. The van der Waals surface area contributed by atoms with Crippen molar-refractivity contribution >= 4 is 15.8 Å². The summed E-state index contributed by atoms with van der Waals surface area (Å²) in [6.07, 6.45) is 4.53. The number of anilines is 1. The lowest BCUT2D eigenvalue weighted by Crippen LogP contribution is -2.48. The first-order valence-corrected chi connectivity index (χ1v) is 11.2. The maximum absolute atomic E-state index is 12.9. The molecule has 1 fully saturated rings. The first-order valence-electron chi connectivity index (χ1n) is 9.75. The minimum absolute atomic E-state index is 0.238. The van der Waals surface area contributed by atoms with Gasteiger partial charge in [-0.15, -0.1) is 0 Å². The van der Waals surface area contributed by atoms with Crippen LogP contribution in [-0.4, -0.2) is 65.8 Å². The van der Waals surface area contributed by atoms with Crippen LogP contribution >= 0.6 is 0 Å². The van der Waals surface area contributed by atoms with E-state index in [0.29, 0.717) is 32.7 Å². The molecule has 0 amide bonds. The van der Waals surface area contributed by atoms with Gasteiger partial charge in [-0.05, 0) is 31.2 Å². The predicted octanol–water partition coefficient (Wildman–Crippen LogP) is 1.88. The fourth-order valence-electron chi connectivity index (χ4n) is 3.40. The van der Waals surface area contributed by atoms with Crippen molar-refractivity contribution in [3.05, 3.63) is 49.1 Å². The molecular weight excluding hydrogens is 404 g/mol. The van der Waals surface area contributed by atoms with Gasteiger partial charge in [-0.3, -0.25) is 4.68 Å². The highest BCUT2D eigenvalue weighted by Crippen LogP contribution is 2.24. The Morgan fingerprint density at radius 1 is 1.07 bits per heavy atom. The second kappa shape index (κ2) is 8.41. The molecule has 0 saturated carbocycles. The van der Waals surface area contributed by atoms with Crippen molar-refractivity contribution in [2.45, 2.75) is 18.4 Å². The molecule has 0 spiro atoms. The number of piperazine rings is 1. The molecule has 0 radical (unpaired) electrons. The van der Waals surface area contributed by atoms with Gasteiger partial charge in [-0.1, -0.05) is 0 Å². The van der Waals surface area contributed by atoms with Crippen LogP contribution in [-0.2, 0) is 16.6 Å². The van der Waals surface area contributed by atoms with Crippen molar-refractivity contribution in [1.82, 2.24) is 24.1 Å². The van der Waals surface area contributed by atoms with Crippen molar-refractivity contribution in [2.75, 3.05) is 38.2 Å². The highest BCUT2D eigenvalue weighted by atomic mass is 32.2. The van der Waals surface area contributed by atoms with Crippen LogP contribution in [0.5, 0.6) is 5.75 Å². The third-order valence-corrected chi connectivity index (χ3v) is 7.02. The van der Waals surface area contributed by atoms with Crippen LogP contribution in [0.3, 0.4) is 0 Å². The largest absolute Gasteiger partial charge is 0.497 e. The van der Waals surface area contributed by atoms with Crippen molar-refractivity contribution in [3.8, 4) is 17.0 Å². The number of nitrogens with zero attached hydrogens (tertiary/aromatic N) is 6. The fraction of sp³-hybridized carbons (Fsp3) is 0.350. The van der Waals surface area contributed by atoms with Gasteiger partial charge in [0.05, 0.1) is 19.0 Å². The van der Waals surface area contributed by atoms with Gasteiger partial charge in [0.25, 0.3) is 0 Å². The van der Waals surface area contributed by atoms with Crippen LogP contribution in [0.1, 0.15) is 6.92 Å². The lowest BCUT2D eigenvalue weighted by molar-refractivity contribution is 0.383. The molecule has 0 bridgehead atoms. The molecule has 2 aromatic heterocycles. The molecule has 1 aliphatic heterocycles. The average Bonchev–Trinajstić information content (AvgIpc) is 3.30. The molecule has 30 heavy (non-hydrogen) atoms.